The number of ether oxygens (including phenoxy) is 1. The number of carbonyl (C=O) groups is 1. The van der Waals surface area contributed by atoms with Gasteiger partial charge in [-0.3, -0.25) is 0 Å². The summed E-state index contributed by atoms with van der Waals surface area (Å²) in [6, 6.07) is 3.73. The molecule has 0 saturated heterocycles. The van der Waals surface area contributed by atoms with E-state index < -0.39 is 17.6 Å². The Balaban J connectivity index is 2.06. The fourth-order valence-electron chi connectivity index (χ4n) is 2.09. The molecular formula is C15H13F2NO3. The van der Waals surface area contributed by atoms with Crippen LogP contribution in [-0.4, -0.2) is 17.6 Å². The number of benzene rings is 1. The largest absolute Gasteiger partial charge is 0.460 e. The van der Waals surface area contributed by atoms with Crippen molar-refractivity contribution in [2.75, 3.05) is 6.61 Å². The van der Waals surface area contributed by atoms with Gasteiger partial charge in [-0.2, -0.15) is 0 Å². The van der Waals surface area contributed by atoms with Crippen molar-refractivity contribution in [2.45, 2.75) is 25.7 Å². The first-order chi connectivity index (χ1) is 10.1. The van der Waals surface area contributed by atoms with Gasteiger partial charge in [0, 0.05) is 5.92 Å². The molecule has 0 spiro atoms. The van der Waals surface area contributed by atoms with E-state index in [9.17, 15) is 13.6 Å². The van der Waals surface area contributed by atoms with Crippen LogP contribution in [0.2, 0.25) is 0 Å². The predicted octanol–water partition coefficient (Wildman–Crippen LogP) is 3.67. The Kier molecular flexibility index (Phi) is 3.45. The summed E-state index contributed by atoms with van der Waals surface area (Å²) in [5, 5.41) is 0. The molecule has 1 aliphatic rings. The van der Waals surface area contributed by atoms with Crippen LogP contribution < -0.4 is 0 Å². The highest BCUT2D eigenvalue weighted by Crippen LogP contribution is 2.42. The standard InChI is InChI=1S/C15H13F2NO3/c1-2-20-15(19)13-12(8-6-7-8)18-14(21-13)9-4-3-5-10(16)11(9)17/h3-5,8H,2,6-7H2,1H3. The monoisotopic (exact) mass is 293 g/mol. The summed E-state index contributed by atoms with van der Waals surface area (Å²) >= 11 is 0. The molecule has 0 N–H and O–H groups in total. The van der Waals surface area contributed by atoms with Gasteiger partial charge >= 0.3 is 5.97 Å². The van der Waals surface area contributed by atoms with Gasteiger partial charge in [0.25, 0.3) is 0 Å². The van der Waals surface area contributed by atoms with Gasteiger partial charge in [-0.25, -0.2) is 18.6 Å². The smallest absolute Gasteiger partial charge is 0.376 e. The number of hydrogen-bond acceptors (Lipinski definition) is 4. The van der Waals surface area contributed by atoms with E-state index >= 15 is 0 Å². The summed E-state index contributed by atoms with van der Waals surface area (Å²) < 4.78 is 37.4. The van der Waals surface area contributed by atoms with Crippen molar-refractivity contribution in [3.05, 3.63) is 41.3 Å². The Labute approximate surface area is 119 Å². The third kappa shape index (κ3) is 2.53. The van der Waals surface area contributed by atoms with Gasteiger partial charge in [-0.1, -0.05) is 6.07 Å². The van der Waals surface area contributed by atoms with E-state index in [1.54, 1.807) is 6.92 Å². The highest BCUT2D eigenvalue weighted by molar-refractivity contribution is 5.88. The Bertz CT molecular complexity index is 692. The van der Waals surface area contributed by atoms with Crippen LogP contribution >= 0.6 is 0 Å². The van der Waals surface area contributed by atoms with Gasteiger partial charge < -0.3 is 9.15 Å². The second-order valence-electron chi connectivity index (χ2n) is 4.83. The first kappa shape index (κ1) is 13.7. The maximum atomic E-state index is 13.8. The number of aromatic nitrogens is 1. The molecule has 0 aliphatic heterocycles. The van der Waals surface area contributed by atoms with E-state index in [-0.39, 0.29) is 29.7 Å². The van der Waals surface area contributed by atoms with E-state index in [1.165, 1.54) is 12.1 Å². The van der Waals surface area contributed by atoms with Crippen LogP contribution in [0.3, 0.4) is 0 Å². The molecule has 1 aromatic heterocycles. The molecule has 0 amide bonds. The van der Waals surface area contributed by atoms with Crippen molar-refractivity contribution < 1.29 is 22.7 Å². The number of halogens is 2. The quantitative estimate of drug-likeness (QED) is 0.807. The molecule has 1 aliphatic carbocycles. The zero-order valence-electron chi connectivity index (χ0n) is 11.4. The normalized spacial score (nSPS) is 14.2. The van der Waals surface area contributed by atoms with Crippen LogP contribution in [0.15, 0.2) is 22.6 Å². The summed E-state index contributed by atoms with van der Waals surface area (Å²) in [5.41, 5.74) is 0.361. The number of rotatable bonds is 4. The minimum Gasteiger partial charge on any atom is -0.460 e. The molecule has 6 heteroatoms. The van der Waals surface area contributed by atoms with E-state index in [0.717, 1.165) is 18.9 Å². The molecule has 0 bridgehead atoms. The Morgan fingerprint density at radius 3 is 2.86 bits per heavy atom. The molecular weight excluding hydrogens is 280 g/mol. The van der Waals surface area contributed by atoms with Crippen molar-refractivity contribution in [1.82, 2.24) is 4.98 Å². The summed E-state index contributed by atoms with van der Waals surface area (Å²) in [7, 11) is 0. The topological polar surface area (TPSA) is 52.3 Å². The molecule has 21 heavy (non-hydrogen) atoms. The van der Waals surface area contributed by atoms with Gasteiger partial charge in [0.05, 0.1) is 17.9 Å². The number of hydrogen-bond donors (Lipinski definition) is 0. The molecule has 1 heterocycles. The Morgan fingerprint density at radius 1 is 1.43 bits per heavy atom. The van der Waals surface area contributed by atoms with Gasteiger partial charge in [0.1, 0.15) is 0 Å². The zero-order chi connectivity index (χ0) is 15.0. The molecule has 1 saturated carbocycles. The van der Waals surface area contributed by atoms with Crippen LogP contribution in [-0.2, 0) is 4.74 Å². The summed E-state index contributed by atoms with van der Waals surface area (Å²) in [6.07, 6.45) is 1.79. The van der Waals surface area contributed by atoms with Crippen molar-refractivity contribution in [2.24, 2.45) is 0 Å². The maximum absolute atomic E-state index is 13.8. The number of esters is 1. The second kappa shape index (κ2) is 5.27. The first-order valence-electron chi connectivity index (χ1n) is 6.74. The third-order valence-corrected chi connectivity index (χ3v) is 3.26. The minimum absolute atomic E-state index is 0.0157. The first-order valence-corrected chi connectivity index (χ1v) is 6.74. The molecule has 0 unspecified atom stereocenters. The number of oxazole rings is 1. The summed E-state index contributed by atoms with van der Waals surface area (Å²) in [5.74, 6) is -2.66. The predicted molar refractivity (Wildman–Crippen MR) is 69.8 cm³/mol. The summed E-state index contributed by atoms with van der Waals surface area (Å²) in [4.78, 5) is 16.0. The lowest BCUT2D eigenvalue weighted by Crippen LogP contribution is -2.05. The maximum Gasteiger partial charge on any atom is 0.376 e. The van der Waals surface area contributed by atoms with Crippen LogP contribution in [0.4, 0.5) is 8.78 Å². The molecule has 3 rings (SSSR count). The van der Waals surface area contributed by atoms with Crippen molar-refractivity contribution in [3.8, 4) is 11.5 Å². The van der Waals surface area contributed by atoms with Gasteiger partial charge in [-0.05, 0) is 31.9 Å². The lowest BCUT2D eigenvalue weighted by Gasteiger charge is -1.99. The van der Waals surface area contributed by atoms with Gasteiger partial charge in [0.2, 0.25) is 11.7 Å². The fourth-order valence-corrected chi connectivity index (χ4v) is 2.09. The van der Waals surface area contributed by atoms with Gasteiger partial charge in [0.15, 0.2) is 11.6 Å². The van der Waals surface area contributed by atoms with Crippen molar-refractivity contribution >= 4 is 5.97 Å². The van der Waals surface area contributed by atoms with Crippen LogP contribution in [0, 0.1) is 11.6 Å². The highest BCUT2D eigenvalue weighted by Gasteiger charge is 2.34. The molecule has 1 fully saturated rings. The van der Waals surface area contributed by atoms with Crippen molar-refractivity contribution in [1.29, 1.82) is 0 Å². The highest BCUT2D eigenvalue weighted by atomic mass is 19.2. The SMILES string of the molecule is CCOC(=O)c1oc(-c2cccc(F)c2F)nc1C1CC1. The Morgan fingerprint density at radius 2 is 2.19 bits per heavy atom. The lowest BCUT2D eigenvalue weighted by atomic mass is 10.2. The summed E-state index contributed by atoms with van der Waals surface area (Å²) in [6.45, 7) is 1.88. The number of carbonyl (C=O) groups excluding carboxylic acids is 1. The molecule has 1 aromatic carbocycles. The second-order valence-corrected chi connectivity index (χ2v) is 4.83. The molecule has 110 valence electrons. The molecule has 2 aromatic rings. The van der Waals surface area contributed by atoms with Crippen LogP contribution in [0.5, 0.6) is 0 Å². The van der Waals surface area contributed by atoms with Crippen LogP contribution in [0.1, 0.15) is 41.9 Å². The molecule has 0 atom stereocenters. The van der Waals surface area contributed by atoms with E-state index in [0.29, 0.717) is 5.69 Å². The molecule has 4 nitrogen and oxygen atoms in total. The van der Waals surface area contributed by atoms with Gasteiger partial charge in [-0.15, -0.1) is 0 Å². The average Bonchev–Trinajstić information content (AvgIpc) is 3.21. The number of nitrogens with zero attached hydrogens (tertiary/aromatic N) is 1. The Hall–Kier alpha value is -2.24. The third-order valence-electron chi connectivity index (χ3n) is 3.26. The van der Waals surface area contributed by atoms with E-state index in [1.807, 2.05) is 0 Å². The fraction of sp³-hybridized carbons (Fsp3) is 0.333. The van der Waals surface area contributed by atoms with E-state index in [4.69, 9.17) is 9.15 Å². The lowest BCUT2D eigenvalue weighted by molar-refractivity contribution is 0.0489. The van der Waals surface area contributed by atoms with E-state index in [2.05, 4.69) is 4.98 Å². The average molecular weight is 293 g/mol. The zero-order valence-corrected chi connectivity index (χ0v) is 11.4. The van der Waals surface area contributed by atoms with Crippen molar-refractivity contribution in [3.63, 3.8) is 0 Å². The minimum atomic E-state index is -1.04. The van der Waals surface area contributed by atoms with Crippen LogP contribution in [0.25, 0.3) is 11.5 Å². The molecule has 0 radical (unpaired) electrons.